The van der Waals surface area contributed by atoms with Gasteiger partial charge in [0, 0.05) is 19.0 Å². The Hall–Kier alpha value is -2.22. The van der Waals surface area contributed by atoms with Crippen LogP contribution >= 0.6 is 0 Å². The lowest BCUT2D eigenvalue weighted by molar-refractivity contribution is -0.137. The van der Waals surface area contributed by atoms with Crippen LogP contribution in [0.25, 0.3) is 0 Å². The van der Waals surface area contributed by atoms with E-state index in [0.717, 1.165) is 0 Å². The molecule has 1 rings (SSSR count). The predicted octanol–water partition coefficient (Wildman–Crippen LogP) is -1.26. The first-order valence-electron chi connectivity index (χ1n) is 5.66. The lowest BCUT2D eigenvalue weighted by Crippen LogP contribution is -2.47. The van der Waals surface area contributed by atoms with E-state index in [4.69, 9.17) is 10.8 Å². The van der Waals surface area contributed by atoms with Gasteiger partial charge in [-0.2, -0.15) is 0 Å². The van der Waals surface area contributed by atoms with E-state index < -0.39 is 24.0 Å². The van der Waals surface area contributed by atoms with Crippen LogP contribution in [0.2, 0.25) is 0 Å². The Labute approximate surface area is 109 Å². The van der Waals surface area contributed by atoms with Crippen molar-refractivity contribution in [3.8, 4) is 0 Å². The number of nitrogens with one attached hydrogen (secondary N) is 2. The summed E-state index contributed by atoms with van der Waals surface area (Å²) >= 11 is 0. The van der Waals surface area contributed by atoms with E-state index in [1.807, 2.05) is 0 Å². The number of carbonyl (C=O) groups is 2. The molecule has 0 spiro atoms. The molecule has 1 amide bonds. The first kappa shape index (κ1) is 14.8. The molecule has 2 atom stereocenters. The molecule has 0 saturated carbocycles. The number of nitrogens with two attached hydrogens (primary N) is 1. The summed E-state index contributed by atoms with van der Waals surface area (Å²) in [5.41, 5.74) is 6.12. The van der Waals surface area contributed by atoms with E-state index in [1.165, 1.54) is 6.33 Å². The summed E-state index contributed by atoms with van der Waals surface area (Å²) < 4.78 is 0. The number of aromatic amines is 1. The molecule has 0 aliphatic rings. The first-order valence-corrected chi connectivity index (χ1v) is 5.66. The fourth-order valence-electron chi connectivity index (χ4n) is 1.42. The van der Waals surface area contributed by atoms with E-state index in [1.54, 1.807) is 12.5 Å². The van der Waals surface area contributed by atoms with Gasteiger partial charge in [0.05, 0.1) is 18.1 Å². The average Bonchev–Trinajstić information content (AvgIpc) is 2.87. The fraction of sp³-hybridized carbons (Fsp3) is 0.455. The molecular formula is C11H15N4O4. The molecule has 1 aromatic heterocycles. The zero-order valence-electron chi connectivity index (χ0n) is 10.1. The Morgan fingerprint density at radius 1 is 1.58 bits per heavy atom. The second-order valence-electron chi connectivity index (χ2n) is 3.98. The molecule has 0 aromatic carbocycles. The van der Waals surface area contributed by atoms with Crippen LogP contribution in [0.3, 0.4) is 0 Å². The van der Waals surface area contributed by atoms with Gasteiger partial charge in [-0.25, -0.2) is 4.98 Å². The number of rotatable bonds is 8. The Balaban J connectivity index is 2.44. The summed E-state index contributed by atoms with van der Waals surface area (Å²) in [7, 11) is 0. The molecule has 1 heterocycles. The lowest BCUT2D eigenvalue weighted by atomic mass is 10.1. The monoisotopic (exact) mass is 267 g/mol. The number of aliphatic carboxylic acids is 1. The van der Waals surface area contributed by atoms with Gasteiger partial charge in [-0.15, -0.1) is 0 Å². The number of hydrogen-bond acceptors (Lipinski definition) is 5. The van der Waals surface area contributed by atoms with Gasteiger partial charge in [0.15, 0.2) is 0 Å². The SMILES string of the molecule is N[C@@H](CCC(=O)O)C(=O)N[C@H]([C]=O)Cc1c[nH]cn1. The predicted molar refractivity (Wildman–Crippen MR) is 64.8 cm³/mol. The second kappa shape index (κ2) is 7.27. The third kappa shape index (κ3) is 5.30. The fourth-order valence-corrected chi connectivity index (χ4v) is 1.42. The summed E-state index contributed by atoms with van der Waals surface area (Å²) in [6.07, 6.45) is 4.74. The summed E-state index contributed by atoms with van der Waals surface area (Å²) in [6.45, 7) is 0. The molecule has 5 N–H and O–H groups in total. The number of carbonyl (C=O) groups excluding carboxylic acids is 2. The van der Waals surface area contributed by atoms with E-state index >= 15 is 0 Å². The summed E-state index contributed by atoms with van der Waals surface area (Å²) in [4.78, 5) is 39.4. The van der Waals surface area contributed by atoms with Gasteiger partial charge in [-0.3, -0.25) is 14.4 Å². The summed E-state index contributed by atoms with van der Waals surface area (Å²) in [6, 6.07) is -1.82. The van der Waals surface area contributed by atoms with E-state index in [0.29, 0.717) is 5.69 Å². The number of carboxylic acid groups (broad SMARTS) is 1. The van der Waals surface area contributed by atoms with Crippen molar-refractivity contribution in [1.82, 2.24) is 15.3 Å². The van der Waals surface area contributed by atoms with Gasteiger partial charge in [-0.1, -0.05) is 0 Å². The number of imidazole rings is 1. The quantitative estimate of drug-likeness (QED) is 0.463. The molecule has 0 unspecified atom stereocenters. The van der Waals surface area contributed by atoms with Gasteiger partial charge < -0.3 is 21.1 Å². The Morgan fingerprint density at radius 2 is 2.32 bits per heavy atom. The summed E-state index contributed by atoms with van der Waals surface area (Å²) in [5.74, 6) is -1.61. The smallest absolute Gasteiger partial charge is 0.303 e. The van der Waals surface area contributed by atoms with Crippen LogP contribution in [0.5, 0.6) is 0 Å². The van der Waals surface area contributed by atoms with Crippen molar-refractivity contribution in [2.75, 3.05) is 0 Å². The molecule has 0 aliphatic heterocycles. The van der Waals surface area contributed by atoms with Gasteiger partial charge in [-0.05, 0) is 6.42 Å². The van der Waals surface area contributed by atoms with E-state index in [9.17, 15) is 14.4 Å². The zero-order chi connectivity index (χ0) is 14.3. The highest BCUT2D eigenvalue weighted by Crippen LogP contribution is 1.99. The molecule has 1 aromatic rings. The molecule has 19 heavy (non-hydrogen) atoms. The highest BCUT2D eigenvalue weighted by Gasteiger charge is 2.19. The van der Waals surface area contributed by atoms with E-state index in [2.05, 4.69) is 15.3 Å². The number of aromatic nitrogens is 2. The lowest BCUT2D eigenvalue weighted by Gasteiger charge is -2.14. The van der Waals surface area contributed by atoms with Crippen LogP contribution in [0.1, 0.15) is 18.5 Å². The molecule has 0 saturated heterocycles. The standard InChI is InChI=1S/C11H15N4O4/c12-9(1-2-10(17)18)11(19)15-8(5-16)3-7-4-13-6-14-7/h4,6,8-9H,1-3,12H2,(H,13,14)(H,15,19)(H,17,18)/t8-,9-/m0/s1. The van der Waals surface area contributed by atoms with Crippen molar-refractivity contribution in [1.29, 1.82) is 0 Å². The van der Waals surface area contributed by atoms with Crippen molar-refractivity contribution in [3.05, 3.63) is 18.2 Å². The molecule has 8 heteroatoms. The van der Waals surface area contributed by atoms with Gasteiger partial charge in [0.25, 0.3) is 0 Å². The van der Waals surface area contributed by atoms with Crippen molar-refractivity contribution in [3.63, 3.8) is 0 Å². The highest BCUT2D eigenvalue weighted by molar-refractivity contribution is 5.84. The highest BCUT2D eigenvalue weighted by atomic mass is 16.4. The van der Waals surface area contributed by atoms with Crippen LogP contribution in [-0.4, -0.2) is 45.3 Å². The zero-order valence-corrected chi connectivity index (χ0v) is 10.1. The number of amides is 1. The maximum absolute atomic E-state index is 11.6. The van der Waals surface area contributed by atoms with Crippen LogP contribution in [0.15, 0.2) is 12.5 Å². The molecule has 0 aliphatic carbocycles. The van der Waals surface area contributed by atoms with Crippen molar-refractivity contribution < 1.29 is 19.5 Å². The van der Waals surface area contributed by atoms with Crippen LogP contribution in [0, 0.1) is 0 Å². The van der Waals surface area contributed by atoms with Crippen molar-refractivity contribution in [2.45, 2.75) is 31.3 Å². The van der Waals surface area contributed by atoms with Crippen molar-refractivity contribution >= 4 is 18.2 Å². The average molecular weight is 267 g/mol. The normalized spacial score (nSPS) is 13.5. The topological polar surface area (TPSA) is 138 Å². The molecular weight excluding hydrogens is 252 g/mol. The minimum absolute atomic E-state index is 0.00908. The second-order valence-corrected chi connectivity index (χ2v) is 3.98. The number of nitrogens with zero attached hydrogens (tertiary/aromatic N) is 1. The van der Waals surface area contributed by atoms with Crippen LogP contribution in [-0.2, 0) is 20.8 Å². The van der Waals surface area contributed by atoms with Crippen LogP contribution < -0.4 is 11.1 Å². The number of hydrogen-bond donors (Lipinski definition) is 4. The number of carboxylic acids is 1. The van der Waals surface area contributed by atoms with Gasteiger partial charge in [0.2, 0.25) is 12.2 Å². The van der Waals surface area contributed by atoms with Crippen LogP contribution in [0.4, 0.5) is 0 Å². The largest absolute Gasteiger partial charge is 0.481 e. The first-order chi connectivity index (χ1) is 9.02. The Bertz CT molecular complexity index is 432. The molecule has 0 bridgehead atoms. The minimum atomic E-state index is -1.03. The molecule has 0 fully saturated rings. The third-order valence-electron chi connectivity index (χ3n) is 2.43. The van der Waals surface area contributed by atoms with Gasteiger partial charge >= 0.3 is 5.97 Å². The van der Waals surface area contributed by atoms with E-state index in [-0.39, 0.29) is 19.3 Å². The number of H-pyrrole nitrogens is 1. The molecule has 1 radical (unpaired) electrons. The maximum atomic E-state index is 11.6. The minimum Gasteiger partial charge on any atom is -0.481 e. The molecule has 103 valence electrons. The maximum Gasteiger partial charge on any atom is 0.303 e. The van der Waals surface area contributed by atoms with Gasteiger partial charge in [0.1, 0.15) is 6.04 Å². The Morgan fingerprint density at radius 3 is 2.84 bits per heavy atom. The molecule has 8 nitrogen and oxygen atoms in total. The third-order valence-corrected chi connectivity index (χ3v) is 2.43. The summed E-state index contributed by atoms with van der Waals surface area (Å²) in [5, 5.41) is 10.9. The van der Waals surface area contributed by atoms with Crippen molar-refractivity contribution in [2.24, 2.45) is 5.73 Å². The Kier molecular flexibility index (Phi) is 5.68.